The number of quaternary nitrogens is 1. The number of hydrogen-bond acceptors (Lipinski definition) is 1. The molecule has 0 saturated carbocycles. The van der Waals surface area contributed by atoms with Gasteiger partial charge < -0.3 is 34.8 Å². The minimum atomic E-state index is -0.872. The zero-order valence-electron chi connectivity index (χ0n) is 7.87. The van der Waals surface area contributed by atoms with Crippen LogP contribution in [0.15, 0.2) is 24.3 Å². The maximum Gasteiger partial charge on any atom is 0.335 e. The van der Waals surface area contributed by atoms with Crippen LogP contribution in [-0.4, -0.2) is 17.6 Å². The Morgan fingerprint density at radius 2 is 1.86 bits per heavy atom. The van der Waals surface area contributed by atoms with E-state index in [2.05, 4.69) is 5.73 Å². The van der Waals surface area contributed by atoms with Crippen LogP contribution in [0.4, 0.5) is 0 Å². The molecular weight excluding hydrogens is 293 g/mol. The number of halogens is 1. The van der Waals surface area contributed by atoms with E-state index in [1.165, 1.54) is 5.56 Å². The average molecular weight is 307 g/mol. The SMILES string of the molecule is [I-].[NH3+]CCCc1ccc(C(=O)O)cc1. The van der Waals surface area contributed by atoms with Gasteiger partial charge in [-0.2, -0.15) is 0 Å². The smallest absolute Gasteiger partial charge is 0.335 e. The Bertz CT molecular complexity index is 285. The number of hydrogen-bond donors (Lipinski definition) is 2. The van der Waals surface area contributed by atoms with Crippen molar-refractivity contribution < 1.29 is 39.6 Å². The molecule has 0 fully saturated rings. The summed E-state index contributed by atoms with van der Waals surface area (Å²) in [5, 5.41) is 8.64. The molecule has 0 unspecified atom stereocenters. The van der Waals surface area contributed by atoms with Gasteiger partial charge in [-0.15, -0.1) is 0 Å². The second kappa shape index (κ2) is 6.78. The molecule has 0 amide bonds. The fourth-order valence-corrected chi connectivity index (χ4v) is 1.14. The van der Waals surface area contributed by atoms with Crippen molar-refractivity contribution >= 4 is 5.97 Å². The number of carboxylic acid groups (broad SMARTS) is 1. The normalized spacial score (nSPS) is 9.21. The first-order valence-corrected chi connectivity index (χ1v) is 4.35. The van der Waals surface area contributed by atoms with Crippen LogP contribution in [0.25, 0.3) is 0 Å². The predicted octanol–water partition coefficient (Wildman–Crippen LogP) is -2.44. The summed E-state index contributed by atoms with van der Waals surface area (Å²) in [6, 6.07) is 7.00. The molecule has 4 N–H and O–H groups in total. The fourth-order valence-electron chi connectivity index (χ4n) is 1.14. The zero-order chi connectivity index (χ0) is 9.68. The summed E-state index contributed by atoms with van der Waals surface area (Å²) >= 11 is 0. The third-order valence-electron chi connectivity index (χ3n) is 1.92. The minimum Gasteiger partial charge on any atom is -1.00 e. The molecule has 0 aromatic heterocycles. The highest BCUT2D eigenvalue weighted by molar-refractivity contribution is 5.87. The third-order valence-corrected chi connectivity index (χ3v) is 1.92. The number of benzene rings is 1. The van der Waals surface area contributed by atoms with Crippen LogP contribution in [0, 0.1) is 0 Å². The van der Waals surface area contributed by atoms with E-state index >= 15 is 0 Å². The van der Waals surface area contributed by atoms with Crippen molar-refractivity contribution in [3.8, 4) is 0 Å². The van der Waals surface area contributed by atoms with Crippen molar-refractivity contribution in [2.24, 2.45) is 0 Å². The summed E-state index contributed by atoms with van der Waals surface area (Å²) in [5.41, 5.74) is 5.27. The Labute approximate surface area is 100 Å². The lowest BCUT2D eigenvalue weighted by atomic mass is 10.1. The molecule has 0 atom stereocenters. The van der Waals surface area contributed by atoms with Crippen LogP contribution in [0.5, 0.6) is 0 Å². The van der Waals surface area contributed by atoms with Crippen LogP contribution < -0.4 is 29.7 Å². The molecule has 4 heteroatoms. The summed E-state index contributed by atoms with van der Waals surface area (Å²) in [5.74, 6) is -0.872. The first-order valence-electron chi connectivity index (χ1n) is 4.35. The van der Waals surface area contributed by atoms with Gasteiger partial charge in [0.05, 0.1) is 12.1 Å². The van der Waals surface area contributed by atoms with E-state index in [1.54, 1.807) is 12.1 Å². The van der Waals surface area contributed by atoms with E-state index in [4.69, 9.17) is 5.11 Å². The van der Waals surface area contributed by atoms with Crippen molar-refractivity contribution in [1.82, 2.24) is 0 Å². The van der Waals surface area contributed by atoms with E-state index in [0.29, 0.717) is 5.56 Å². The maximum absolute atomic E-state index is 10.5. The van der Waals surface area contributed by atoms with Crippen LogP contribution in [-0.2, 0) is 6.42 Å². The molecular formula is C10H14INO2. The van der Waals surface area contributed by atoms with Crippen molar-refractivity contribution in [3.63, 3.8) is 0 Å². The standard InChI is InChI=1S/C10H13NO2.HI/c11-7-1-2-8-3-5-9(6-4-8)10(12)13;/h3-6H,1-2,7,11H2,(H,12,13);1H. The largest absolute Gasteiger partial charge is 1.00 e. The summed E-state index contributed by atoms with van der Waals surface area (Å²) in [7, 11) is 0. The molecule has 78 valence electrons. The van der Waals surface area contributed by atoms with Gasteiger partial charge in [0.25, 0.3) is 0 Å². The maximum atomic E-state index is 10.5. The lowest BCUT2D eigenvalue weighted by Crippen LogP contribution is -3.00. The monoisotopic (exact) mass is 307 g/mol. The molecule has 0 spiro atoms. The number of rotatable bonds is 4. The molecule has 1 aromatic rings. The third kappa shape index (κ3) is 4.06. The summed E-state index contributed by atoms with van der Waals surface area (Å²) in [6.07, 6.45) is 2.02. The van der Waals surface area contributed by atoms with Crippen LogP contribution in [0.3, 0.4) is 0 Å². The number of aromatic carboxylic acids is 1. The quantitative estimate of drug-likeness (QED) is 0.607. The van der Waals surface area contributed by atoms with E-state index in [1.807, 2.05) is 12.1 Å². The van der Waals surface area contributed by atoms with Gasteiger partial charge >= 0.3 is 5.97 Å². The Morgan fingerprint density at radius 3 is 2.29 bits per heavy atom. The first kappa shape index (κ1) is 13.4. The lowest BCUT2D eigenvalue weighted by molar-refractivity contribution is -0.368. The molecule has 14 heavy (non-hydrogen) atoms. The second-order valence-electron chi connectivity index (χ2n) is 2.96. The Hall–Kier alpha value is -0.620. The number of aryl methyl sites for hydroxylation is 1. The highest BCUT2D eigenvalue weighted by Crippen LogP contribution is 2.06. The van der Waals surface area contributed by atoms with Gasteiger partial charge in [0.15, 0.2) is 0 Å². The topological polar surface area (TPSA) is 64.9 Å². The van der Waals surface area contributed by atoms with Gasteiger partial charge in [-0.1, -0.05) is 12.1 Å². The van der Waals surface area contributed by atoms with Crippen molar-refractivity contribution in [1.29, 1.82) is 0 Å². The van der Waals surface area contributed by atoms with Gasteiger partial charge in [0.1, 0.15) is 0 Å². The molecule has 0 aliphatic rings. The highest BCUT2D eigenvalue weighted by Gasteiger charge is 2.00. The van der Waals surface area contributed by atoms with Crippen LogP contribution in [0.2, 0.25) is 0 Å². The molecule has 0 heterocycles. The molecule has 0 saturated heterocycles. The molecule has 0 bridgehead atoms. The first-order chi connectivity index (χ1) is 6.24. The van der Waals surface area contributed by atoms with Crippen molar-refractivity contribution in [2.75, 3.05) is 6.54 Å². The lowest BCUT2D eigenvalue weighted by Gasteiger charge is -1.99. The van der Waals surface area contributed by atoms with Crippen LogP contribution >= 0.6 is 0 Å². The van der Waals surface area contributed by atoms with E-state index in [-0.39, 0.29) is 24.0 Å². The molecule has 1 aromatic carbocycles. The van der Waals surface area contributed by atoms with E-state index in [9.17, 15) is 4.79 Å². The molecule has 0 aliphatic carbocycles. The summed E-state index contributed by atoms with van der Waals surface area (Å²) < 4.78 is 0. The highest BCUT2D eigenvalue weighted by atomic mass is 127. The molecule has 0 radical (unpaired) electrons. The van der Waals surface area contributed by atoms with Gasteiger partial charge in [0.2, 0.25) is 0 Å². The average Bonchev–Trinajstić information content (AvgIpc) is 2.15. The van der Waals surface area contributed by atoms with Gasteiger partial charge in [-0.05, 0) is 24.1 Å². The van der Waals surface area contributed by atoms with Crippen LogP contribution in [0.1, 0.15) is 22.3 Å². The van der Waals surface area contributed by atoms with Crippen molar-refractivity contribution in [2.45, 2.75) is 12.8 Å². The summed E-state index contributed by atoms with van der Waals surface area (Å²) in [6.45, 7) is 0.917. The van der Waals surface area contributed by atoms with Gasteiger partial charge in [-0.25, -0.2) is 4.79 Å². The van der Waals surface area contributed by atoms with Crippen molar-refractivity contribution in [3.05, 3.63) is 35.4 Å². The second-order valence-corrected chi connectivity index (χ2v) is 2.96. The Kier molecular flexibility index (Phi) is 6.48. The van der Waals surface area contributed by atoms with Gasteiger partial charge in [-0.3, -0.25) is 0 Å². The zero-order valence-corrected chi connectivity index (χ0v) is 10.0. The predicted molar refractivity (Wildman–Crippen MR) is 49.5 cm³/mol. The minimum absolute atomic E-state index is 0. The molecule has 0 aliphatic heterocycles. The molecule has 1 rings (SSSR count). The number of carboxylic acids is 1. The van der Waals surface area contributed by atoms with E-state index < -0.39 is 5.97 Å². The Morgan fingerprint density at radius 1 is 1.29 bits per heavy atom. The van der Waals surface area contributed by atoms with E-state index in [0.717, 1.165) is 19.4 Å². The Balaban J connectivity index is 0.00000169. The number of carbonyl (C=O) groups is 1. The summed E-state index contributed by atoms with van der Waals surface area (Å²) in [4.78, 5) is 10.5. The molecule has 3 nitrogen and oxygen atoms in total. The van der Waals surface area contributed by atoms with Gasteiger partial charge in [0, 0.05) is 6.42 Å². The fraction of sp³-hybridized carbons (Fsp3) is 0.300.